The molecule has 0 saturated carbocycles. The Hall–Kier alpha value is -2.53. The molecule has 0 radical (unpaired) electrons. The summed E-state index contributed by atoms with van der Waals surface area (Å²) in [5.41, 5.74) is 2.27. The van der Waals surface area contributed by atoms with Gasteiger partial charge in [0.1, 0.15) is 5.75 Å². The van der Waals surface area contributed by atoms with E-state index in [2.05, 4.69) is 21.9 Å². The fourth-order valence-electron chi connectivity index (χ4n) is 4.50. The van der Waals surface area contributed by atoms with Gasteiger partial charge in [-0.1, -0.05) is 30.3 Å². The molecule has 2 N–H and O–H groups in total. The number of nitrogens with one attached hydrogen (secondary N) is 1. The molecule has 0 bridgehead atoms. The van der Waals surface area contributed by atoms with Gasteiger partial charge in [0.2, 0.25) is 0 Å². The molecule has 1 amide bonds. The number of carbonyl (C=O) groups is 1. The molecule has 5 nitrogen and oxygen atoms in total. The highest BCUT2D eigenvalue weighted by Crippen LogP contribution is 2.20. The first-order valence-electron chi connectivity index (χ1n) is 10.4. The van der Waals surface area contributed by atoms with E-state index >= 15 is 0 Å². The number of hydrogen-bond donors (Lipinski definition) is 2. The number of phenols is 1. The summed E-state index contributed by atoms with van der Waals surface area (Å²) in [7, 11) is 0. The molecule has 4 rings (SSSR count). The predicted molar refractivity (Wildman–Crippen MR) is 111 cm³/mol. The van der Waals surface area contributed by atoms with E-state index in [1.165, 1.54) is 11.3 Å². The lowest BCUT2D eigenvalue weighted by Gasteiger charge is -2.39. The number of piperazine rings is 1. The van der Waals surface area contributed by atoms with Gasteiger partial charge in [0, 0.05) is 24.3 Å². The van der Waals surface area contributed by atoms with Crippen molar-refractivity contribution in [3.63, 3.8) is 0 Å². The van der Waals surface area contributed by atoms with Gasteiger partial charge in [-0.2, -0.15) is 0 Å². The molecule has 2 saturated heterocycles. The van der Waals surface area contributed by atoms with Crippen molar-refractivity contribution in [3.05, 3.63) is 60.2 Å². The number of anilines is 1. The maximum Gasteiger partial charge on any atom is 0.285 e. The first-order chi connectivity index (χ1) is 13.7. The normalized spacial score (nSPS) is 19.4. The van der Waals surface area contributed by atoms with E-state index in [-0.39, 0.29) is 6.04 Å². The van der Waals surface area contributed by atoms with Crippen molar-refractivity contribution in [3.8, 4) is 5.75 Å². The second kappa shape index (κ2) is 8.65. The number of amides is 1. The maximum atomic E-state index is 13.5. The van der Waals surface area contributed by atoms with Crippen LogP contribution in [0.2, 0.25) is 0 Å². The van der Waals surface area contributed by atoms with Gasteiger partial charge in [-0.3, -0.25) is 4.79 Å². The number of quaternary nitrogens is 1. The Balaban J connectivity index is 1.49. The van der Waals surface area contributed by atoms with Crippen LogP contribution in [0, 0.1) is 0 Å². The van der Waals surface area contributed by atoms with Crippen molar-refractivity contribution in [2.75, 3.05) is 44.2 Å². The molecule has 2 fully saturated rings. The topological polar surface area (TPSA) is 48.2 Å². The smallest absolute Gasteiger partial charge is 0.285 e. The second-order valence-corrected chi connectivity index (χ2v) is 7.89. The highest BCUT2D eigenvalue weighted by molar-refractivity contribution is 5.82. The predicted octanol–water partition coefficient (Wildman–Crippen LogP) is 1.85. The fourth-order valence-corrected chi connectivity index (χ4v) is 4.50. The zero-order valence-corrected chi connectivity index (χ0v) is 16.4. The van der Waals surface area contributed by atoms with Gasteiger partial charge < -0.3 is 19.8 Å². The van der Waals surface area contributed by atoms with Gasteiger partial charge in [0.05, 0.1) is 26.2 Å². The number of likely N-dealkylation sites (tertiary alicyclic amines) is 1. The minimum atomic E-state index is -0.110. The molecule has 0 spiro atoms. The van der Waals surface area contributed by atoms with E-state index in [0.29, 0.717) is 11.7 Å². The van der Waals surface area contributed by atoms with E-state index in [1.807, 2.05) is 30.3 Å². The summed E-state index contributed by atoms with van der Waals surface area (Å²) in [6.45, 7) is 5.48. The Kier molecular flexibility index (Phi) is 5.81. The Morgan fingerprint density at radius 3 is 2.14 bits per heavy atom. The molecule has 2 aliphatic heterocycles. The zero-order valence-electron chi connectivity index (χ0n) is 16.4. The Morgan fingerprint density at radius 1 is 0.857 bits per heavy atom. The van der Waals surface area contributed by atoms with Crippen molar-refractivity contribution < 1.29 is 14.8 Å². The summed E-state index contributed by atoms with van der Waals surface area (Å²) in [5.74, 6) is 0.586. The minimum absolute atomic E-state index is 0.110. The number of carbonyl (C=O) groups excluding carboxylic acids is 1. The second-order valence-electron chi connectivity index (χ2n) is 7.89. The van der Waals surface area contributed by atoms with Gasteiger partial charge in [-0.25, -0.2) is 0 Å². The molecule has 2 aliphatic rings. The molecule has 148 valence electrons. The largest absolute Gasteiger partial charge is 0.508 e. The summed E-state index contributed by atoms with van der Waals surface area (Å²) in [4.78, 5) is 19.2. The van der Waals surface area contributed by atoms with Crippen LogP contribution in [0.5, 0.6) is 5.75 Å². The molecule has 28 heavy (non-hydrogen) atoms. The molecular formula is C23H30N3O2+. The summed E-state index contributed by atoms with van der Waals surface area (Å²) in [5, 5.41) is 9.52. The number of benzene rings is 2. The molecule has 2 aromatic carbocycles. The standard InChI is InChI=1S/C23H29N3O2/c27-21-11-9-20(10-12-21)24-15-17-25(18-16-24)22(19-7-3-1-4-8-19)23(28)26-13-5-2-6-14-26/h1,3-4,7-12,22,27H,2,5-6,13-18H2/p+1/t22-/m0/s1. The van der Waals surface area contributed by atoms with E-state index in [9.17, 15) is 9.90 Å². The van der Waals surface area contributed by atoms with Gasteiger partial charge in [0.25, 0.3) is 5.91 Å². The van der Waals surface area contributed by atoms with Crippen LogP contribution in [0.25, 0.3) is 0 Å². The summed E-state index contributed by atoms with van der Waals surface area (Å²) in [6.07, 6.45) is 3.48. The van der Waals surface area contributed by atoms with E-state index < -0.39 is 0 Å². The van der Waals surface area contributed by atoms with Gasteiger partial charge >= 0.3 is 0 Å². The number of piperidine rings is 1. The van der Waals surface area contributed by atoms with Crippen LogP contribution in [0.3, 0.4) is 0 Å². The highest BCUT2D eigenvalue weighted by atomic mass is 16.3. The lowest BCUT2D eigenvalue weighted by atomic mass is 10.0. The van der Waals surface area contributed by atoms with Gasteiger partial charge in [0.15, 0.2) is 6.04 Å². The quantitative estimate of drug-likeness (QED) is 0.851. The van der Waals surface area contributed by atoms with E-state index in [0.717, 1.165) is 63.4 Å². The summed E-state index contributed by atoms with van der Waals surface area (Å²) in [6, 6.07) is 17.6. The lowest BCUT2D eigenvalue weighted by Crippen LogP contribution is -3.16. The number of hydrogen-bond acceptors (Lipinski definition) is 3. The lowest BCUT2D eigenvalue weighted by molar-refractivity contribution is -0.923. The van der Waals surface area contributed by atoms with Gasteiger partial charge in [-0.05, 0) is 43.5 Å². The van der Waals surface area contributed by atoms with Crippen molar-refractivity contribution >= 4 is 11.6 Å². The van der Waals surface area contributed by atoms with Crippen LogP contribution in [0.1, 0.15) is 30.9 Å². The van der Waals surface area contributed by atoms with Crippen LogP contribution in [0.15, 0.2) is 54.6 Å². The molecule has 0 aromatic heterocycles. The molecule has 2 aromatic rings. The highest BCUT2D eigenvalue weighted by Gasteiger charge is 2.37. The van der Waals surface area contributed by atoms with E-state index in [4.69, 9.17) is 0 Å². The third-order valence-corrected chi connectivity index (χ3v) is 6.08. The molecule has 2 heterocycles. The number of phenolic OH excluding ortho intramolecular Hbond substituents is 1. The molecule has 0 unspecified atom stereocenters. The fraction of sp³-hybridized carbons (Fsp3) is 0.435. The Morgan fingerprint density at radius 2 is 1.50 bits per heavy atom. The third-order valence-electron chi connectivity index (χ3n) is 6.08. The maximum absolute atomic E-state index is 13.5. The third kappa shape index (κ3) is 4.14. The first kappa shape index (κ1) is 18.8. The first-order valence-corrected chi connectivity index (χ1v) is 10.4. The average molecular weight is 381 g/mol. The van der Waals surface area contributed by atoms with Crippen molar-refractivity contribution in [1.29, 1.82) is 0 Å². The van der Waals surface area contributed by atoms with Crippen LogP contribution >= 0.6 is 0 Å². The van der Waals surface area contributed by atoms with Crippen LogP contribution in [0.4, 0.5) is 5.69 Å². The Labute approximate surface area is 167 Å². The van der Waals surface area contributed by atoms with Crippen molar-refractivity contribution in [2.24, 2.45) is 0 Å². The SMILES string of the molecule is O=C([C@H](c1ccccc1)[NH+]1CCN(c2ccc(O)cc2)CC1)N1CCCCC1. The minimum Gasteiger partial charge on any atom is -0.508 e. The number of rotatable bonds is 4. The number of aromatic hydroxyl groups is 1. The molecular weight excluding hydrogens is 350 g/mol. The van der Waals surface area contributed by atoms with Crippen molar-refractivity contribution in [2.45, 2.75) is 25.3 Å². The van der Waals surface area contributed by atoms with Crippen molar-refractivity contribution in [1.82, 2.24) is 4.90 Å². The molecule has 5 heteroatoms. The van der Waals surface area contributed by atoms with E-state index in [1.54, 1.807) is 12.1 Å². The van der Waals surface area contributed by atoms with Gasteiger partial charge in [-0.15, -0.1) is 0 Å². The summed E-state index contributed by atoms with van der Waals surface area (Å²) < 4.78 is 0. The Bertz CT molecular complexity index is 764. The average Bonchev–Trinajstić information content (AvgIpc) is 2.76. The molecule has 0 aliphatic carbocycles. The van der Waals surface area contributed by atoms with Crippen LogP contribution in [-0.2, 0) is 4.79 Å². The van der Waals surface area contributed by atoms with Crippen LogP contribution < -0.4 is 9.80 Å². The zero-order chi connectivity index (χ0) is 19.3. The number of nitrogens with zero attached hydrogens (tertiary/aromatic N) is 2. The molecule has 1 atom stereocenters. The summed E-state index contributed by atoms with van der Waals surface area (Å²) >= 11 is 0. The monoisotopic (exact) mass is 380 g/mol. The van der Waals surface area contributed by atoms with Crippen LogP contribution in [-0.4, -0.2) is 55.2 Å².